The first-order valence-corrected chi connectivity index (χ1v) is 8.46. The van der Waals surface area contributed by atoms with Crippen LogP contribution in [0, 0.1) is 11.3 Å². The van der Waals surface area contributed by atoms with Crippen molar-refractivity contribution in [1.82, 2.24) is 4.31 Å². The van der Waals surface area contributed by atoms with Crippen LogP contribution in [0.3, 0.4) is 0 Å². The molecule has 0 bridgehead atoms. The fourth-order valence-electron chi connectivity index (χ4n) is 2.19. The van der Waals surface area contributed by atoms with E-state index in [4.69, 9.17) is 5.26 Å². The van der Waals surface area contributed by atoms with Gasteiger partial charge in [0, 0.05) is 31.0 Å². The minimum Gasteiger partial charge on any atom is -0.294 e. The van der Waals surface area contributed by atoms with E-state index >= 15 is 0 Å². The quantitative estimate of drug-likeness (QED) is 0.724. The summed E-state index contributed by atoms with van der Waals surface area (Å²) >= 11 is 0. The summed E-state index contributed by atoms with van der Waals surface area (Å²) in [6, 6.07) is 8.13. The highest BCUT2D eigenvalue weighted by molar-refractivity contribution is 7.89. The Morgan fingerprint density at radius 3 is 2.71 bits per heavy atom. The molecule has 0 aromatic heterocycles. The highest BCUT2D eigenvalue weighted by Crippen LogP contribution is 2.32. The summed E-state index contributed by atoms with van der Waals surface area (Å²) in [7, 11) is -3.64. The molecule has 1 aromatic carbocycles. The monoisotopic (exact) mass is 306 g/mol. The zero-order chi connectivity index (χ0) is 15.5. The van der Waals surface area contributed by atoms with Crippen molar-refractivity contribution in [3.63, 3.8) is 0 Å². The highest BCUT2D eigenvalue weighted by atomic mass is 32.2. The van der Waals surface area contributed by atoms with E-state index in [9.17, 15) is 13.2 Å². The van der Waals surface area contributed by atoms with Gasteiger partial charge in [-0.2, -0.15) is 9.57 Å². The van der Waals surface area contributed by atoms with Crippen molar-refractivity contribution < 1.29 is 13.2 Å². The van der Waals surface area contributed by atoms with Crippen molar-refractivity contribution in [2.45, 2.75) is 43.5 Å². The standard InChI is InChI=1S/C15H18N2O3S/c1-2-15(18)12-5-3-6-14(11-12)21(19,20)17(10-4-9-16)13-7-8-13/h3,5-6,11,13H,2,4,7-8,10H2,1H3. The molecule has 1 aliphatic carbocycles. The largest absolute Gasteiger partial charge is 0.294 e. The molecule has 0 aliphatic heterocycles. The van der Waals surface area contributed by atoms with E-state index in [1.165, 1.54) is 16.4 Å². The number of hydrogen-bond acceptors (Lipinski definition) is 4. The van der Waals surface area contributed by atoms with Crippen LogP contribution >= 0.6 is 0 Å². The maximum atomic E-state index is 12.7. The van der Waals surface area contributed by atoms with Gasteiger partial charge < -0.3 is 0 Å². The first-order valence-electron chi connectivity index (χ1n) is 7.02. The molecule has 0 saturated heterocycles. The van der Waals surface area contributed by atoms with Crippen LogP contribution in [0.1, 0.15) is 43.0 Å². The van der Waals surface area contributed by atoms with Crippen LogP contribution in [0.5, 0.6) is 0 Å². The van der Waals surface area contributed by atoms with Gasteiger partial charge in [0.2, 0.25) is 10.0 Å². The van der Waals surface area contributed by atoms with Crippen LogP contribution in [0.15, 0.2) is 29.2 Å². The molecule has 2 rings (SSSR count). The first-order chi connectivity index (χ1) is 10.0. The molecule has 21 heavy (non-hydrogen) atoms. The molecule has 1 fully saturated rings. The zero-order valence-electron chi connectivity index (χ0n) is 11.9. The minimum atomic E-state index is -3.64. The molecule has 0 unspecified atom stereocenters. The third kappa shape index (κ3) is 3.49. The van der Waals surface area contributed by atoms with Crippen LogP contribution in [-0.2, 0) is 10.0 Å². The van der Waals surface area contributed by atoms with E-state index < -0.39 is 10.0 Å². The van der Waals surface area contributed by atoms with Gasteiger partial charge in [0.05, 0.1) is 11.0 Å². The SMILES string of the molecule is CCC(=O)c1cccc(S(=O)(=O)N(CCC#N)C2CC2)c1. The van der Waals surface area contributed by atoms with Crippen LogP contribution in [0.25, 0.3) is 0 Å². The molecule has 0 radical (unpaired) electrons. The number of benzene rings is 1. The van der Waals surface area contributed by atoms with Gasteiger partial charge in [0.1, 0.15) is 0 Å². The average Bonchev–Trinajstić information content (AvgIpc) is 3.31. The lowest BCUT2D eigenvalue weighted by atomic mass is 10.1. The first kappa shape index (κ1) is 15.7. The second kappa shape index (κ2) is 6.37. The summed E-state index contributed by atoms with van der Waals surface area (Å²) in [4.78, 5) is 11.9. The van der Waals surface area contributed by atoms with Crippen LogP contribution < -0.4 is 0 Å². The maximum absolute atomic E-state index is 12.7. The van der Waals surface area contributed by atoms with Gasteiger partial charge >= 0.3 is 0 Å². The van der Waals surface area contributed by atoms with Gasteiger partial charge in [-0.05, 0) is 25.0 Å². The summed E-state index contributed by atoms with van der Waals surface area (Å²) in [6.45, 7) is 1.95. The van der Waals surface area contributed by atoms with Crippen LogP contribution in [-0.4, -0.2) is 31.1 Å². The Hall–Kier alpha value is -1.71. The Labute approximate surface area is 125 Å². The molecule has 0 atom stereocenters. The number of carbonyl (C=O) groups excluding carboxylic acids is 1. The summed E-state index contributed by atoms with van der Waals surface area (Å²) in [5.74, 6) is -0.0814. The topological polar surface area (TPSA) is 78.2 Å². The molecular formula is C15H18N2O3S. The molecule has 1 aromatic rings. The Balaban J connectivity index is 2.33. The maximum Gasteiger partial charge on any atom is 0.243 e. The molecule has 5 nitrogen and oxygen atoms in total. The van der Waals surface area contributed by atoms with Gasteiger partial charge in [-0.1, -0.05) is 19.1 Å². The Bertz CT molecular complexity index is 672. The van der Waals surface area contributed by atoms with Crippen molar-refractivity contribution in [2.75, 3.05) is 6.54 Å². The van der Waals surface area contributed by atoms with Gasteiger partial charge in [0.15, 0.2) is 5.78 Å². The second-order valence-corrected chi connectivity index (χ2v) is 6.95. The molecule has 0 heterocycles. The van der Waals surface area contributed by atoms with Crippen molar-refractivity contribution in [3.05, 3.63) is 29.8 Å². The number of sulfonamides is 1. The number of Topliss-reactive ketones (excluding diaryl/α,β-unsaturated/α-hetero) is 1. The Kier molecular flexibility index (Phi) is 4.76. The molecular weight excluding hydrogens is 288 g/mol. The molecule has 1 saturated carbocycles. The van der Waals surface area contributed by atoms with E-state index in [-0.39, 0.29) is 29.7 Å². The molecule has 0 spiro atoms. The van der Waals surface area contributed by atoms with Crippen molar-refractivity contribution >= 4 is 15.8 Å². The second-order valence-electron chi connectivity index (χ2n) is 5.06. The fraction of sp³-hybridized carbons (Fsp3) is 0.467. The number of nitriles is 1. The minimum absolute atomic E-state index is 0.00566. The summed E-state index contributed by atoms with van der Waals surface area (Å²) in [6.07, 6.45) is 2.17. The van der Waals surface area contributed by atoms with Gasteiger partial charge in [-0.3, -0.25) is 4.79 Å². The molecule has 112 valence electrons. The highest BCUT2D eigenvalue weighted by Gasteiger charge is 2.37. The number of rotatable bonds is 7. The lowest BCUT2D eigenvalue weighted by molar-refractivity contribution is 0.0988. The summed E-state index contributed by atoms with van der Waals surface area (Å²) < 4.78 is 26.8. The van der Waals surface area contributed by atoms with E-state index in [1.54, 1.807) is 19.1 Å². The zero-order valence-corrected chi connectivity index (χ0v) is 12.8. The van der Waals surface area contributed by atoms with E-state index in [2.05, 4.69) is 0 Å². The van der Waals surface area contributed by atoms with Gasteiger partial charge in [0.25, 0.3) is 0 Å². The third-order valence-corrected chi connectivity index (χ3v) is 5.43. The van der Waals surface area contributed by atoms with Crippen molar-refractivity contribution in [2.24, 2.45) is 0 Å². The van der Waals surface area contributed by atoms with Gasteiger partial charge in [-0.15, -0.1) is 0 Å². The molecule has 0 N–H and O–H groups in total. The normalized spacial score (nSPS) is 14.9. The van der Waals surface area contributed by atoms with Gasteiger partial charge in [-0.25, -0.2) is 8.42 Å². The molecule has 0 amide bonds. The van der Waals surface area contributed by atoms with E-state index in [1.807, 2.05) is 6.07 Å². The van der Waals surface area contributed by atoms with Crippen molar-refractivity contribution in [1.29, 1.82) is 5.26 Å². The average molecular weight is 306 g/mol. The lowest BCUT2D eigenvalue weighted by Gasteiger charge is -2.21. The Morgan fingerprint density at radius 1 is 1.43 bits per heavy atom. The number of hydrogen-bond donors (Lipinski definition) is 0. The number of carbonyl (C=O) groups is 1. The Morgan fingerprint density at radius 2 is 2.14 bits per heavy atom. The summed E-state index contributed by atoms with van der Waals surface area (Å²) in [5, 5.41) is 8.69. The molecule has 1 aliphatic rings. The van der Waals surface area contributed by atoms with Crippen LogP contribution in [0.4, 0.5) is 0 Å². The molecule has 6 heteroatoms. The number of ketones is 1. The van der Waals surface area contributed by atoms with Crippen LogP contribution in [0.2, 0.25) is 0 Å². The predicted octanol–water partition coefficient (Wildman–Crippen LogP) is 2.35. The van der Waals surface area contributed by atoms with Crippen molar-refractivity contribution in [3.8, 4) is 6.07 Å². The predicted molar refractivity (Wildman–Crippen MR) is 78.2 cm³/mol. The number of nitrogens with zero attached hydrogens (tertiary/aromatic N) is 2. The lowest BCUT2D eigenvalue weighted by Crippen LogP contribution is -2.34. The third-order valence-electron chi connectivity index (χ3n) is 3.48. The van der Waals surface area contributed by atoms with E-state index in [0.717, 1.165) is 12.8 Å². The summed E-state index contributed by atoms with van der Waals surface area (Å²) in [5.41, 5.74) is 0.412. The fourth-order valence-corrected chi connectivity index (χ4v) is 3.92. The smallest absolute Gasteiger partial charge is 0.243 e. The van der Waals surface area contributed by atoms with E-state index in [0.29, 0.717) is 12.0 Å².